The van der Waals surface area contributed by atoms with E-state index in [9.17, 15) is 4.39 Å². The SMILES string of the molecule is C=C(F)/C=C(\C=C/C)C(=C)c1c[nH]c2ccccc12. The molecule has 2 heteroatoms. The van der Waals surface area contributed by atoms with Crippen molar-refractivity contribution in [1.29, 1.82) is 0 Å². The molecule has 1 heterocycles. The summed E-state index contributed by atoms with van der Waals surface area (Å²) in [4.78, 5) is 3.19. The Balaban J connectivity index is 2.51. The van der Waals surface area contributed by atoms with Crippen LogP contribution in [0.4, 0.5) is 4.39 Å². The molecular formula is C17H16FN. The van der Waals surface area contributed by atoms with E-state index in [0.29, 0.717) is 0 Å². The summed E-state index contributed by atoms with van der Waals surface area (Å²) >= 11 is 0. The zero-order valence-corrected chi connectivity index (χ0v) is 10.9. The molecule has 2 aromatic rings. The molecule has 96 valence electrons. The van der Waals surface area contributed by atoms with E-state index >= 15 is 0 Å². The number of para-hydroxylation sites is 1. The van der Waals surface area contributed by atoms with E-state index in [1.165, 1.54) is 6.08 Å². The van der Waals surface area contributed by atoms with E-state index in [1.807, 2.05) is 49.5 Å². The highest BCUT2D eigenvalue weighted by molar-refractivity contribution is 5.97. The van der Waals surface area contributed by atoms with Gasteiger partial charge in [0.05, 0.1) is 0 Å². The lowest BCUT2D eigenvalue weighted by Gasteiger charge is -2.06. The van der Waals surface area contributed by atoms with Gasteiger partial charge in [0.1, 0.15) is 5.83 Å². The average molecular weight is 253 g/mol. The van der Waals surface area contributed by atoms with Crippen LogP contribution in [-0.4, -0.2) is 4.98 Å². The Morgan fingerprint density at radius 1 is 1.26 bits per heavy atom. The molecule has 1 nitrogen and oxygen atoms in total. The monoisotopic (exact) mass is 253 g/mol. The first-order valence-electron chi connectivity index (χ1n) is 6.08. The van der Waals surface area contributed by atoms with Gasteiger partial charge in [-0.1, -0.05) is 43.5 Å². The number of benzene rings is 1. The minimum absolute atomic E-state index is 0.478. The smallest absolute Gasteiger partial charge is 0.116 e. The minimum Gasteiger partial charge on any atom is -0.361 e. The van der Waals surface area contributed by atoms with Crippen molar-refractivity contribution >= 4 is 16.5 Å². The molecule has 0 saturated carbocycles. The zero-order valence-electron chi connectivity index (χ0n) is 10.9. The summed E-state index contributed by atoms with van der Waals surface area (Å²) in [5.41, 5.74) is 3.51. The number of nitrogens with one attached hydrogen (secondary N) is 1. The van der Waals surface area contributed by atoms with E-state index in [0.717, 1.165) is 27.6 Å². The van der Waals surface area contributed by atoms with Gasteiger partial charge >= 0.3 is 0 Å². The van der Waals surface area contributed by atoms with Crippen molar-refractivity contribution in [2.75, 3.05) is 0 Å². The predicted octanol–water partition coefficient (Wildman–Crippen LogP) is 5.17. The van der Waals surface area contributed by atoms with Crippen LogP contribution < -0.4 is 0 Å². The highest BCUT2D eigenvalue weighted by Crippen LogP contribution is 2.29. The number of H-pyrrole nitrogens is 1. The summed E-state index contributed by atoms with van der Waals surface area (Å²) in [6.45, 7) is 9.24. The molecule has 1 N–H and O–H groups in total. The molecule has 0 bridgehead atoms. The number of allylic oxidation sites excluding steroid dienone is 6. The number of hydrogen-bond acceptors (Lipinski definition) is 0. The Morgan fingerprint density at radius 3 is 2.68 bits per heavy atom. The van der Waals surface area contributed by atoms with Crippen molar-refractivity contribution in [1.82, 2.24) is 4.98 Å². The molecule has 2 rings (SSSR count). The molecule has 0 amide bonds. The summed E-state index contributed by atoms with van der Waals surface area (Å²) in [5, 5.41) is 1.08. The fraction of sp³-hybridized carbons (Fsp3) is 0.0588. The molecule has 0 spiro atoms. The van der Waals surface area contributed by atoms with Gasteiger partial charge in [-0.3, -0.25) is 0 Å². The molecule has 0 saturated heterocycles. The van der Waals surface area contributed by atoms with Gasteiger partial charge in [0, 0.05) is 22.7 Å². The number of fused-ring (bicyclic) bond motifs is 1. The summed E-state index contributed by atoms with van der Waals surface area (Å²) < 4.78 is 13.0. The molecule has 0 aliphatic rings. The van der Waals surface area contributed by atoms with Gasteiger partial charge in [-0.2, -0.15) is 0 Å². The summed E-state index contributed by atoms with van der Waals surface area (Å²) in [7, 11) is 0. The Bertz CT molecular complexity index is 686. The van der Waals surface area contributed by atoms with E-state index in [2.05, 4.69) is 18.1 Å². The van der Waals surface area contributed by atoms with Crippen LogP contribution in [0.3, 0.4) is 0 Å². The first-order valence-corrected chi connectivity index (χ1v) is 6.08. The number of aromatic amines is 1. The molecule has 0 fully saturated rings. The van der Waals surface area contributed by atoms with Crippen LogP contribution in [0.1, 0.15) is 12.5 Å². The van der Waals surface area contributed by atoms with E-state index in [4.69, 9.17) is 0 Å². The molecule has 0 unspecified atom stereocenters. The van der Waals surface area contributed by atoms with Gasteiger partial charge in [0.25, 0.3) is 0 Å². The second-order valence-corrected chi connectivity index (χ2v) is 4.27. The maximum atomic E-state index is 13.0. The molecule has 0 radical (unpaired) electrons. The second-order valence-electron chi connectivity index (χ2n) is 4.27. The van der Waals surface area contributed by atoms with Crippen LogP contribution in [0, 0.1) is 0 Å². The largest absolute Gasteiger partial charge is 0.361 e. The van der Waals surface area contributed by atoms with Gasteiger partial charge in [0.2, 0.25) is 0 Å². The summed E-state index contributed by atoms with van der Waals surface area (Å²) in [6.07, 6.45) is 6.97. The number of rotatable bonds is 4. The Kier molecular flexibility index (Phi) is 3.81. The molecule has 0 aliphatic carbocycles. The van der Waals surface area contributed by atoms with Gasteiger partial charge in [-0.15, -0.1) is 0 Å². The summed E-state index contributed by atoms with van der Waals surface area (Å²) in [6, 6.07) is 7.96. The zero-order chi connectivity index (χ0) is 13.8. The van der Waals surface area contributed by atoms with Crippen molar-refractivity contribution in [3.05, 3.63) is 78.8 Å². The first kappa shape index (κ1) is 13.1. The molecule has 1 aromatic carbocycles. The molecular weight excluding hydrogens is 237 g/mol. The molecule has 0 aliphatic heterocycles. The topological polar surface area (TPSA) is 15.8 Å². The third-order valence-corrected chi connectivity index (χ3v) is 2.92. The maximum absolute atomic E-state index is 13.0. The Labute approximate surface area is 112 Å². The van der Waals surface area contributed by atoms with Crippen molar-refractivity contribution in [2.24, 2.45) is 0 Å². The van der Waals surface area contributed by atoms with Crippen LogP contribution in [0.25, 0.3) is 16.5 Å². The van der Waals surface area contributed by atoms with Gasteiger partial charge in [-0.05, 0) is 30.2 Å². The fourth-order valence-electron chi connectivity index (χ4n) is 2.06. The van der Waals surface area contributed by atoms with E-state index in [-0.39, 0.29) is 0 Å². The van der Waals surface area contributed by atoms with Crippen molar-refractivity contribution in [3.63, 3.8) is 0 Å². The predicted molar refractivity (Wildman–Crippen MR) is 80.5 cm³/mol. The summed E-state index contributed by atoms with van der Waals surface area (Å²) in [5.74, 6) is -0.478. The standard InChI is InChI=1S/C17H16FN/c1-4-7-14(10-12(2)18)13(3)16-11-19-17-9-6-5-8-15(16)17/h4-11,19H,2-3H2,1H3/b7-4-,14-10+. The quantitative estimate of drug-likeness (QED) is 0.724. The highest BCUT2D eigenvalue weighted by atomic mass is 19.1. The van der Waals surface area contributed by atoms with E-state index < -0.39 is 5.83 Å². The molecule has 19 heavy (non-hydrogen) atoms. The van der Waals surface area contributed by atoms with Gasteiger partial charge in [0.15, 0.2) is 0 Å². The second kappa shape index (κ2) is 5.53. The number of hydrogen-bond donors (Lipinski definition) is 1. The minimum atomic E-state index is -0.478. The lowest BCUT2D eigenvalue weighted by molar-refractivity contribution is 0.671. The number of halogens is 1. The van der Waals surface area contributed by atoms with Crippen molar-refractivity contribution in [3.8, 4) is 0 Å². The van der Waals surface area contributed by atoms with Crippen molar-refractivity contribution in [2.45, 2.75) is 6.92 Å². The third kappa shape index (κ3) is 2.74. The van der Waals surface area contributed by atoms with Crippen LogP contribution in [0.15, 0.2) is 73.2 Å². The van der Waals surface area contributed by atoms with Crippen LogP contribution >= 0.6 is 0 Å². The van der Waals surface area contributed by atoms with Gasteiger partial charge < -0.3 is 4.98 Å². The highest BCUT2D eigenvalue weighted by Gasteiger charge is 2.09. The Morgan fingerprint density at radius 2 is 2.00 bits per heavy atom. The van der Waals surface area contributed by atoms with E-state index in [1.54, 1.807) is 0 Å². The third-order valence-electron chi connectivity index (χ3n) is 2.92. The molecule has 0 atom stereocenters. The lowest BCUT2D eigenvalue weighted by Crippen LogP contribution is -1.85. The Hall–Kier alpha value is -2.35. The fourth-order valence-corrected chi connectivity index (χ4v) is 2.06. The normalized spacial score (nSPS) is 12.2. The first-order chi connectivity index (χ1) is 9.13. The number of aromatic nitrogens is 1. The van der Waals surface area contributed by atoms with Gasteiger partial charge in [-0.25, -0.2) is 4.39 Å². The van der Waals surface area contributed by atoms with Crippen LogP contribution in [0.2, 0.25) is 0 Å². The average Bonchev–Trinajstić information content (AvgIpc) is 2.80. The maximum Gasteiger partial charge on any atom is 0.116 e. The molecule has 1 aromatic heterocycles. The van der Waals surface area contributed by atoms with Crippen molar-refractivity contribution < 1.29 is 4.39 Å². The van der Waals surface area contributed by atoms with Crippen LogP contribution in [-0.2, 0) is 0 Å². The van der Waals surface area contributed by atoms with Crippen LogP contribution in [0.5, 0.6) is 0 Å². The lowest BCUT2D eigenvalue weighted by atomic mass is 9.98.